The lowest BCUT2D eigenvalue weighted by molar-refractivity contribution is 0.122. The summed E-state index contributed by atoms with van der Waals surface area (Å²) in [6.07, 6.45) is 6.33. The topological polar surface area (TPSA) is 104 Å². The van der Waals surface area contributed by atoms with E-state index in [0.29, 0.717) is 18.5 Å². The minimum absolute atomic E-state index is 0.102. The SMILES string of the molecule is COc1ncnc2cc(N3CCOCC3)cc(OC3CCC(Nc4nc(C)nc5c4OCC5)CC3)c12. The van der Waals surface area contributed by atoms with Gasteiger partial charge in [-0.05, 0) is 38.7 Å². The van der Waals surface area contributed by atoms with Crippen LogP contribution in [-0.4, -0.2) is 72.1 Å². The van der Waals surface area contributed by atoms with Gasteiger partial charge in [0.2, 0.25) is 5.88 Å². The second-order valence-corrected chi connectivity index (χ2v) is 9.55. The first-order valence-electron chi connectivity index (χ1n) is 12.8. The summed E-state index contributed by atoms with van der Waals surface area (Å²) < 4.78 is 23.6. The standard InChI is InChI=1S/C26H32N6O4/c1-16-29-20-7-10-35-24(20)25(30-16)31-17-3-5-19(6-4-17)36-22-14-18(32-8-11-34-12-9-32)13-21-23(22)26(33-2)28-15-27-21/h13-15,17,19H,3-12H2,1-2H3,(H,29,30,31). The molecule has 1 saturated carbocycles. The Labute approximate surface area is 210 Å². The molecule has 0 radical (unpaired) electrons. The fourth-order valence-corrected chi connectivity index (χ4v) is 5.35. The monoisotopic (exact) mass is 492 g/mol. The molecule has 190 valence electrons. The van der Waals surface area contributed by atoms with Crippen molar-refractivity contribution in [3.8, 4) is 17.4 Å². The van der Waals surface area contributed by atoms with Crippen LogP contribution in [0.4, 0.5) is 11.5 Å². The zero-order valence-electron chi connectivity index (χ0n) is 20.8. The van der Waals surface area contributed by atoms with Crippen LogP contribution in [0.15, 0.2) is 18.5 Å². The number of hydrogen-bond donors (Lipinski definition) is 1. The van der Waals surface area contributed by atoms with Crippen molar-refractivity contribution in [3.05, 3.63) is 30.0 Å². The van der Waals surface area contributed by atoms with Crippen LogP contribution < -0.4 is 24.4 Å². The number of nitrogens with zero attached hydrogens (tertiary/aromatic N) is 5. The summed E-state index contributed by atoms with van der Waals surface area (Å²) >= 11 is 0. The highest BCUT2D eigenvalue weighted by Gasteiger charge is 2.27. The number of hydrogen-bond acceptors (Lipinski definition) is 10. The van der Waals surface area contributed by atoms with E-state index in [1.165, 1.54) is 0 Å². The summed E-state index contributed by atoms with van der Waals surface area (Å²) in [5.41, 5.74) is 2.92. The first kappa shape index (κ1) is 23.0. The van der Waals surface area contributed by atoms with Crippen LogP contribution in [0.1, 0.15) is 37.2 Å². The Balaban J connectivity index is 1.19. The highest BCUT2D eigenvalue weighted by atomic mass is 16.5. The van der Waals surface area contributed by atoms with Gasteiger partial charge in [0.1, 0.15) is 23.3 Å². The average molecular weight is 493 g/mol. The highest BCUT2D eigenvalue weighted by molar-refractivity contribution is 5.92. The smallest absolute Gasteiger partial charge is 0.228 e. The Morgan fingerprint density at radius 3 is 2.67 bits per heavy atom. The number of methoxy groups -OCH3 is 1. The van der Waals surface area contributed by atoms with Gasteiger partial charge in [0.25, 0.3) is 0 Å². The number of benzene rings is 1. The third-order valence-electron chi connectivity index (χ3n) is 7.16. The highest BCUT2D eigenvalue weighted by Crippen LogP contribution is 2.38. The lowest BCUT2D eigenvalue weighted by Gasteiger charge is -2.32. The molecule has 0 amide bonds. The fourth-order valence-electron chi connectivity index (χ4n) is 5.35. The van der Waals surface area contributed by atoms with Crippen molar-refractivity contribution in [2.45, 2.75) is 51.2 Å². The summed E-state index contributed by atoms with van der Waals surface area (Å²) in [5.74, 6) is 3.73. The molecule has 1 N–H and O–H groups in total. The molecule has 3 aromatic rings. The summed E-state index contributed by atoms with van der Waals surface area (Å²) in [7, 11) is 1.63. The summed E-state index contributed by atoms with van der Waals surface area (Å²) in [4.78, 5) is 20.3. The first-order valence-corrected chi connectivity index (χ1v) is 12.8. The molecular formula is C26H32N6O4. The molecule has 0 atom stereocenters. The minimum Gasteiger partial charge on any atom is -0.489 e. The van der Waals surface area contributed by atoms with Crippen molar-refractivity contribution in [2.24, 2.45) is 0 Å². The van der Waals surface area contributed by atoms with Crippen LogP contribution in [0.3, 0.4) is 0 Å². The number of aromatic nitrogens is 4. The maximum Gasteiger partial charge on any atom is 0.228 e. The van der Waals surface area contributed by atoms with Crippen molar-refractivity contribution in [1.29, 1.82) is 0 Å². The molecule has 3 aliphatic rings. The number of ether oxygens (including phenoxy) is 4. The molecule has 10 heteroatoms. The van der Waals surface area contributed by atoms with Gasteiger partial charge in [0.05, 0.1) is 44.2 Å². The van der Waals surface area contributed by atoms with Crippen molar-refractivity contribution in [1.82, 2.24) is 19.9 Å². The van der Waals surface area contributed by atoms with Gasteiger partial charge in [-0.25, -0.2) is 19.9 Å². The Hall–Kier alpha value is -3.40. The van der Waals surface area contributed by atoms with E-state index in [9.17, 15) is 0 Å². The van der Waals surface area contributed by atoms with Gasteiger partial charge in [-0.1, -0.05) is 0 Å². The molecule has 4 heterocycles. The molecule has 1 saturated heterocycles. The number of nitrogens with one attached hydrogen (secondary N) is 1. The molecule has 1 aliphatic carbocycles. The van der Waals surface area contributed by atoms with Gasteiger partial charge in [-0.3, -0.25) is 0 Å². The number of fused-ring (bicyclic) bond motifs is 2. The van der Waals surface area contributed by atoms with Crippen molar-refractivity contribution < 1.29 is 18.9 Å². The van der Waals surface area contributed by atoms with E-state index in [-0.39, 0.29) is 6.10 Å². The van der Waals surface area contributed by atoms with Crippen LogP contribution in [0, 0.1) is 6.92 Å². The Morgan fingerprint density at radius 2 is 1.86 bits per heavy atom. The van der Waals surface area contributed by atoms with Gasteiger partial charge in [-0.15, -0.1) is 0 Å². The Bertz CT molecular complexity index is 1240. The van der Waals surface area contributed by atoms with Crippen LogP contribution in [-0.2, 0) is 11.2 Å². The molecular weight excluding hydrogens is 460 g/mol. The summed E-state index contributed by atoms with van der Waals surface area (Å²) in [6.45, 7) is 5.74. The van der Waals surface area contributed by atoms with E-state index in [2.05, 4.69) is 42.3 Å². The van der Waals surface area contributed by atoms with E-state index < -0.39 is 0 Å². The van der Waals surface area contributed by atoms with Crippen molar-refractivity contribution in [2.75, 3.05) is 50.2 Å². The van der Waals surface area contributed by atoms with Crippen LogP contribution in [0.5, 0.6) is 17.4 Å². The zero-order valence-corrected chi connectivity index (χ0v) is 20.8. The van der Waals surface area contributed by atoms with Crippen molar-refractivity contribution >= 4 is 22.4 Å². The van der Waals surface area contributed by atoms with E-state index in [1.54, 1.807) is 13.4 Å². The van der Waals surface area contributed by atoms with Gasteiger partial charge in [-0.2, -0.15) is 0 Å². The lowest BCUT2D eigenvalue weighted by atomic mass is 9.93. The van der Waals surface area contributed by atoms with Crippen LogP contribution in [0.2, 0.25) is 0 Å². The molecule has 2 aromatic heterocycles. The maximum absolute atomic E-state index is 6.64. The molecule has 36 heavy (non-hydrogen) atoms. The molecule has 0 spiro atoms. The van der Waals surface area contributed by atoms with E-state index in [1.807, 2.05) is 6.92 Å². The largest absolute Gasteiger partial charge is 0.489 e. The van der Waals surface area contributed by atoms with Crippen molar-refractivity contribution in [3.63, 3.8) is 0 Å². The van der Waals surface area contributed by atoms with Gasteiger partial charge >= 0.3 is 0 Å². The quantitative estimate of drug-likeness (QED) is 0.551. The lowest BCUT2D eigenvalue weighted by Crippen LogP contribution is -2.36. The number of aryl methyl sites for hydroxylation is 1. The minimum atomic E-state index is 0.102. The van der Waals surface area contributed by atoms with E-state index in [4.69, 9.17) is 18.9 Å². The normalized spacial score (nSPS) is 21.7. The third kappa shape index (κ3) is 4.57. The maximum atomic E-state index is 6.64. The molecule has 0 unspecified atom stereocenters. The predicted molar refractivity (Wildman–Crippen MR) is 135 cm³/mol. The van der Waals surface area contributed by atoms with Crippen LogP contribution in [0.25, 0.3) is 10.9 Å². The van der Waals surface area contributed by atoms with Gasteiger partial charge in [0.15, 0.2) is 11.6 Å². The zero-order chi connectivity index (χ0) is 24.5. The van der Waals surface area contributed by atoms with Gasteiger partial charge in [0, 0.05) is 37.3 Å². The Morgan fingerprint density at radius 1 is 1.03 bits per heavy atom. The average Bonchev–Trinajstić information content (AvgIpc) is 3.38. The molecule has 1 aromatic carbocycles. The molecule has 10 nitrogen and oxygen atoms in total. The van der Waals surface area contributed by atoms with Crippen LogP contribution >= 0.6 is 0 Å². The molecule has 6 rings (SSSR count). The molecule has 2 fully saturated rings. The first-order chi connectivity index (χ1) is 17.7. The van der Waals surface area contributed by atoms with Gasteiger partial charge < -0.3 is 29.2 Å². The predicted octanol–water partition coefficient (Wildman–Crippen LogP) is 3.31. The Kier molecular flexibility index (Phi) is 6.35. The number of morpholine rings is 1. The fraction of sp³-hybridized carbons (Fsp3) is 0.538. The van der Waals surface area contributed by atoms with E-state index >= 15 is 0 Å². The van der Waals surface area contributed by atoms with E-state index in [0.717, 1.165) is 104 Å². The second kappa shape index (κ2) is 9.93. The molecule has 0 bridgehead atoms. The number of rotatable bonds is 6. The number of anilines is 2. The summed E-state index contributed by atoms with van der Waals surface area (Å²) in [5, 5.41) is 4.44. The second-order valence-electron chi connectivity index (χ2n) is 9.55. The third-order valence-corrected chi connectivity index (χ3v) is 7.16. The summed E-state index contributed by atoms with van der Waals surface area (Å²) in [6, 6.07) is 4.51. The molecule has 2 aliphatic heterocycles.